The van der Waals surface area contributed by atoms with Crippen molar-refractivity contribution in [3.05, 3.63) is 33.9 Å². The Bertz CT molecular complexity index is 534. The number of hydrogen-bond acceptors (Lipinski definition) is 6. The molecule has 0 fully saturated rings. The van der Waals surface area contributed by atoms with Crippen LogP contribution >= 0.6 is 11.8 Å². The van der Waals surface area contributed by atoms with Gasteiger partial charge in [-0.25, -0.2) is 0 Å². The van der Waals surface area contributed by atoms with Gasteiger partial charge < -0.3 is 16.6 Å². The number of benzene rings is 1. The summed E-state index contributed by atoms with van der Waals surface area (Å²) in [7, 11) is 0. The van der Waals surface area contributed by atoms with Gasteiger partial charge >= 0.3 is 5.97 Å². The summed E-state index contributed by atoms with van der Waals surface area (Å²) in [5.41, 5.74) is 10.0. The van der Waals surface area contributed by atoms with Crippen LogP contribution in [-0.4, -0.2) is 33.7 Å². The molecule has 102 valence electrons. The van der Waals surface area contributed by atoms with Gasteiger partial charge in [0.05, 0.1) is 9.82 Å². The maximum atomic E-state index is 10.9. The summed E-state index contributed by atoms with van der Waals surface area (Å²) in [5.74, 6) is -1.99. The first kappa shape index (κ1) is 14.9. The van der Waals surface area contributed by atoms with Gasteiger partial charge in [-0.05, 0) is 12.1 Å². The molecule has 0 saturated carbocycles. The Morgan fingerprint density at radius 2 is 2.11 bits per heavy atom. The molecule has 0 aromatic heterocycles. The highest BCUT2D eigenvalue weighted by Gasteiger charge is 2.19. The lowest BCUT2D eigenvalue weighted by atomic mass is 10.2. The van der Waals surface area contributed by atoms with Crippen LogP contribution in [-0.2, 0) is 4.79 Å². The Kier molecular flexibility index (Phi) is 4.84. The van der Waals surface area contributed by atoms with Crippen LogP contribution in [0.2, 0.25) is 0 Å². The first-order valence-corrected chi connectivity index (χ1v) is 6.01. The molecule has 0 aliphatic rings. The number of carboxylic acids is 1. The highest BCUT2D eigenvalue weighted by atomic mass is 32.2. The SMILES string of the molecule is NC(=O)c1ccc(SCC(N)C(=O)O)c([N+](=O)[O-])c1. The standard InChI is InChI=1S/C10H11N3O5S/c11-6(10(15)16)4-19-8-2-1-5(9(12)14)3-7(8)13(17)18/h1-3,6H,4,11H2,(H2,12,14)(H,15,16). The smallest absolute Gasteiger partial charge is 0.321 e. The average molecular weight is 285 g/mol. The van der Waals surface area contributed by atoms with Gasteiger partial charge in [-0.15, -0.1) is 11.8 Å². The average Bonchev–Trinajstić information content (AvgIpc) is 2.35. The predicted molar refractivity (Wildman–Crippen MR) is 67.9 cm³/mol. The normalized spacial score (nSPS) is 11.8. The molecular weight excluding hydrogens is 274 g/mol. The number of carbonyl (C=O) groups is 2. The highest BCUT2D eigenvalue weighted by molar-refractivity contribution is 7.99. The third kappa shape index (κ3) is 3.93. The topological polar surface area (TPSA) is 150 Å². The molecule has 0 radical (unpaired) electrons. The zero-order valence-corrected chi connectivity index (χ0v) is 10.4. The maximum absolute atomic E-state index is 10.9. The van der Waals surface area contributed by atoms with Gasteiger partial charge in [0.1, 0.15) is 6.04 Å². The van der Waals surface area contributed by atoms with E-state index in [1.54, 1.807) is 0 Å². The fraction of sp³-hybridized carbons (Fsp3) is 0.200. The number of nitro benzene ring substituents is 1. The second-order valence-electron chi connectivity index (χ2n) is 3.56. The van der Waals surface area contributed by atoms with Gasteiger partial charge in [0.2, 0.25) is 5.91 Å². The molecule has 0 saturated heterocycles. The monoisotopic (exact) mass is 285 g/mol. The Balaban J connectivity index is 2.97. The molecular formula is C10H11N3O5S. The summed E-state index contributed by atoms with van der Waals surface area (Å²) in [4.78, 5) is 31.9. The number of carboxylic acid groups (broad SMARTS) is 1. The van der Waals surface area contributed by atoms with Crippen LogP contribution in [0.1, 0.15) is 10.4 Å². The number of aliphatic carboxylic acids is 1. The molecule has 1 aromatic rings. The predicted octanol–water partition coefficient (Wildman–Crippen LogP) is 0.198. The second-order valence-corrected chi connectivity index (χ2v) is 4.62. The van der Waals surface area contributed by atoms with Gasteiger partial charge in [0.15, 0.2) is 0 Å². The van der Waals surface area contributed by atoms with E-state index in [4.69, 9.17) is 16.6 Å². The molecule has 0 aliphatic carbocycles. The fourth-order valence-corrected chi connectivity index (χ4v) is 2.13. The number of thioether (sulfide) groups is 1. The van der Waals surface area contributed by atoms with Crippen molar-refractivity contribution in [1.29, 1.82) is 0 Å². The van der Waals surface area contributed by atoms with Crippen LogP contribution in [0.15, 0.2) is 23.1 Å². The van der Waals surface area contributed by atoms with E-state index in [0.29, 0.717) is 0 Å². The van der Waals surface area contributed by atoms with Gasteiger partial charge in [0.25, 0.3) is 5.69 Å². The number of nitrogens with two attached hydrogens (primary N) is 2. The van der Waals surface area contributed by atoms with Crippen LogP contribution in [0.25, 0.3) is 0 Å². The van der Waals surface area contributed by atoms with E-state index in [-0.39, 0.29) is 21.9 Å². The summed E-state index contributed by atoms with van der Waals surface area (Å²) in [6.07, 6.45) is 0. The van der Waals surface area contributed by atoms with Crippen molar-refractivity contribution in [1.82, 2.24) is 0 Å². The van der Waals surface area contributed by atoms with E-state index < -0.39 is 22.8 Å². The molecule has 0 aliphatic heterocycles. The summed E-state index contributed by atoms with van der Waals surface area (Å²) in [5, 5.41) is 19.5. The van der Waals surface area contributed by atoms with Gasteiger partial charge in [-0.2, -0.15) is 0 Å². The first-order chi connectivity index (χ1) is 8.82. The molecule has 1 aromatic carbocycles. The summed E-state index contributed by atoms with van der Waals surface area (Å²) < 4.78 is 0. The van der Waals surface area contributed by atoms with Gasteiger partial charge in [0, 0.05) is 17.4 Å². The molecule has 9 heteroatoms. The van der Waals surface area contributed by atoms with E-state index in [1.807, 2.05) is 0 Å². The first-order valence-electron chi connectivity index (χ1n) is 5.02. The molecule has 0 bridgehead atoms. The zero-order chi connectivity index (χ0) is 14.6. The van der Waals surface area contributed by atoms with Crippen molar-refractivity contribution in [2.24, 2.45) is 11.5 Å². The molecule has 5 N–H and O–H groups in total. The highest BCUT2D eigenvalue weighted by Crippen LogP contribution is 2.30. The lowest BCUT2D eigenvalue weighted by molar-refractivity contribution is -0.387. The lowest BCUT2D eigenvalue weighted by Crippen LogP contribution is -2.32. The van der Waals surface area contributed by atoms with Crippen LogP contribution < -0.4 is 11.5 Å². The van der Waals surface area contributed by atoms with Crippen molar-refractivity contribution in [3.63, 3.8) is 0 Å². The third-order valence-electron chi connectivity index (χ3n) is 2.18. The molecule has 8 nitrogen and oxygen atoms in total. The van der Waals surface area contributed by atoms with E-state index >= 15 is 0 Å². The molecule has 19 heavy (non-hydrogen) atoms. The minimum atomic E-state index is -1.19. The minimum Gasteiger partial charge on any atom is -0.480 e. The number of hydrogen-bond donors (Lipinski definition) is 3. The number of nitrogens with zero attached hydrogens (tertiary/aromatic N) is 1. The van der Waals surface area contributed by atoms with Crippen molar-refractivity contribution >= 4 is 29.3 Å². The Morgan fingerprint density at radius 1 is 1.47 bits per heavy atom. The van der Waals surface area contributed by atoms with Crippen LogP contribution in [0.3, 0.4) is 0 Å². The van der Waals surface area contributed by atoms with Crippen molar-refractivity contribution < 1.29 is 19.6 Å². The van der Waals surface area contributed by atoms with Gasteiger partial charge in [-0.1, -0.05) is 0 Å². The quantitative estimate of drug-likeness (QED) is 0.383. The van der Waals surface area contributed by atoms with E-state index in [9.17, 15) is 19.7 Å². The van der Waals surface area contributed by atoms with Crippen molar-refractivity contribution in [2.45, 2.75) is 10.9 Å². The van der Waals surface area contributed by atoms with Crippen LogP contribution in [0, 0.1) is 10.1 Å². The van der Waals surface area contributed by atoms with E-state index in [0.717, 1.165) is 17.8 Å². The molecule has 1 amide bonds. The summed E-state index contributed by atoms with van der Waals surface area (Å²) in [6.45, 7) is 0. The fourth-order valence-electron chi connectivity index (χ4n) is 1.19. The Morgan fingerprint density at radius 3 is 2.58 bits per heavy atom. The third-order valence-corrected chi connectivity index (χ3v) is 3.36. The summed E-state index contributed by atoms with van der Waals surface area (Å²) >= 11 is 0.933. The lowest BCUT2D eigenvalue weighted by Gasteiger charge is -2.07. The molecule has 1 unspecified atom stereocenters. The van der Waals surface area contributed by atoms with E-state index in [2.05, 4.69) is 0 Å². The maximum Gasteiger partial charge on any atom is 0.321 e. The number of carbonyl (C=O) groups excluding carboxylic acids is 1. The van der Waals surface area contributed by atoms with E-state index in [1.165, 1.54) is 12.1 Å². The summed E-state index contributed by atoms with van der Waals surface area (Å²) in [6, 6.07) is 2.61. The van der Waals surface area contributed by atoms with Crippen molar-refractivity contribution in [2.75, 3.05) is 5.75 Å². The molecule has 0 heterocycles. The Hall–Kier alpha value is -2.13. The largest absolute Gasteiger partial charge is 0.480 e. The number of nitro groups is 1. The molecule has 1 atom stereocenters. The Labute approximate surface area is 111 Å². The molecule has 1 rings (SSSR count). The minimum absolute atomic E-state index is 0.0126. The van der Waals surface area contributed by atoms with Crippen LogP contribution in [0.4, 0.5) is 5.69 Å². The number of rotatable bonds is 6. The number of amides is 1. The zero-order valence-electron chi connectivity index (χ0n) is 9.61. The van der Waals surface area contributed by atoms with Gasteiger partial charge in [-0.3, -0.25) is 19.7 Å². The number of primary amides is 1. The van der Waals surface area contributed by atoms with Crippen LogP contribution in [0.5, 0.6) is 0 Å². The molecule has 0 spiro atoms. The second kappa shape index (κ2) is 6.16. The van der Waals surface area contributed by atoms with Crippen molar-refractivity contribution in [3.8, 4) is 0 Å².